The Morgan fingerprint density at radius 3 is 2.52 bits per heavy atom. The monoisotopic (exact) mass is 340 g/mol. The Balaban J connectivity index is 1.90. The summed E-state index contributed by atoms with van der Waals surface area (Å²) in [5.41, 5.74) is 1.96. The molecule has 7 heteroatoms. The lowest BCUT2D eigenvalue weighted by Gasteiger charge is -2.13. The van der Waals surface area contributed by atoms with Gasteiger partial charge in [0.25, 0.3) is 5.89 Å². The topological polar surface area (TPSA) is 83.0 Å². The minimum absolute atomic E-state index is 0.233. The summed E-state index contributed by atoms with van der Waals surface area (Å²) in [6.07, 6.45) is -0.778. The number of benzene rings is 1. The van der Waals surface area contributed by atoms with Gasteiger partial charge in [0, 0.05) is 18.3 Å². The Morgan fingerprint density at radius 1 is 1.24 bits per heavy atom. The van der Waals surface area contributed by atoms with Gasteiger partial charge in [-0.2, -0.15) is 10.1 Å². The molecule has 0 aliphatic heterocycles. The molecule has 0 amide bonds. The second kappa shape index (κ2) is 6.88. The molecule has 1 unspecified atom stereocenters. The summed E-state index contributed by atoms with van der Waals surface area (Å²) >= 11 is 0. The molecular formula is C18H20N4O3. The van der Waals surface area contributed by atoms with Crippen molar-refractivity contribution in [2.75, 3.05) is 0 Å². The smallest absolute Gasteiger partial charge is 0.359 e. The van der Waals surface area contributed by atoms with Gasteiger partial charge < -0.3 is 9.26 Å². The molecule has 1 aromatic carbocycles. The van der Waals surface area contributed by atoms with Crippen molar-refractivity contribution in [2.45, 2.75) is 32.8 Å². The van der Waals surface area contributed by atoms with Crippen LogP contribution in [0.5, 0.6) is 0 Å². The summed E-state index contributed by atoms with van der Waals surface area (Å²) in [6, 6.07) is 11.0. The first-order valence-corrected chi connectivity index (χ1v) is 8.05. The van der Waals surface area contributed by atoms with Crippen molar-refractivity contribution in [3.8, 4) is 0 Å². The van der Waals surface area contributed by atoms with Crippen LogP contribution in [0.25, 0.3) is 0 Å². The van der Waals surface area contributed by atoms with Crippen LogP contribution < -0.4 is 0 Å². The molecule has 0 saturated heterocycles. The van der Waals surface area contributed by atoms with Crippen LogP contribution in [0.4, 0.5) is 0 Å². The number of hydrogen-bond acceptors (Lipinski definition) is 6. The van der Waals surface area contributed by atoms with Crippen LogP contribution in [0.3, 0.4) is 0 Å². The molecule has 2 heterocycles. The van der Waals surface area contributed by atoms with Crippen molar-refractivity contribution in [1.82, 2.24) is 19.9 Å². The van der Waals surface area contributed by atoms with Gasteiger partial charge in [-0.1, -0.05) is 49.3 Å². The zero-order valence-electron chi connectivity index (χ0n) is 14.6. The molecular weight excluding hydrogens is 320 g/mol. The maximum Gasteiger partial charge on any atom is 0.359 e. The lowest BCUT2D eigenvalue weighted by Crippen LogP contribution is -2.14. The summed E-state index contributed by atoms with van der Waals surface area (Å²) < 4.78 is 12.6. The van der Waals surface area contributed by atoms with Crippen molar-refractivity contribution in [2.24, 2.45) is 7.05 Å². The third-order valence-electron chi connectivity index (χ3n) is 3.81. The van der Waals surface area contributed by atoms with Crippen LogP contribution in [0.1, 0.15) is 59.3 Å². The molecule has 3 rings (SSSR count). The Morgan fingerprint density at radius 2 is 1.96 bits per heavy atom. The Bertz CT molecular complexity index is 868. The fraction of sp³-hybridized carbons (Fsp3) is 0.333. The summed E-state index contributed by atoms with van der Waals surface area (Å²) in [7, 11) is 1.81. The van der Waals surface area contributed by atoms with E-state index in [4.69, 9.17) is 9.26 Å². The highest BCUT2D eigenvalue weighted by Gasteiger charge is 2.27. The standard InChI is InChI=1S/C18H20N4O3/c1-11(2)15-10-14(20-22(15)4)18(23)24-16(13-8-6-5-7-9-13)17-19-12(3)21-25-17/h5-11,16H,1-4H3. The lowest BCUT2D eigenvalue weighted by molar-refractivity contribution is 0.0307. The molecule has 25 heavy (non-hydrogen) atoms. The van der Waals surface area contributed by atoms with Crippen LogP contribution in [-0.4, -0.2) is 25.9 Å². The van der Waals surface area contributed by atoms with Crippen LogP contribution in [0.15, 0.2) is 40.9 Å². The average Bonchev–Trinajstić information content (AvgIpc) is 3.19. The number of carbonyl (C=O) groups is 1. The number of nitrogens with zero attached hydrogens (tertiary/aromatic N) is 4. The van der Waals surface area contributed by atoms with Crippen molar-refractivity contribution in [3.63, 3.8) is 0 Å². The van der Waals surface area contributed by atoms with Gasteiger partial charge in [0.2, 0.25) is 6.10 Å². The highest BCUT2D eigenvalue weighted by atomic mass is 16.6. The largest absolute Gasteiger partial charge is 0.442 e. The van der Waals surface area contributed by atoms with Gasteiger partial charge >= 0.3 is 5.97 Å². The van der Waals surface area contributed by atoms with Gasteiger partial charge in [0.1, 0.15) is 0 Å². The third kappa shape index (κ3) is 3.60. The first-order chi connectivity index (χ1) is 12.0. The second-order valence-electron chi connectivity index (χ2n) is 6.11. The van der Waals surface area contributed by atoms with Gasteiger partial charge in [0.15, 0.2) is 11.5 Å². The van der Waals surface area contributed by atoms with Gasteiger partial charge in [0.05, 0.1) is 0 Å². The first-order valence-electron chi connectivity index (χ1n) is 8.05. The van der Waals surface area contributed by atoms with Gasteiger partial charge in [-0.3, -0.25) is 4.68 Å². The van der Waals surface area contributed by atoms with E-state index in [9.17, 15) is 4.79 Å². The maximum atomic E-state index is 12.6. The number of hydrogen-bond donors (Lipinski definition) is 0. The van der Waals surface area contributed by atoms with Gasteiger partial charge in [-0.15, -0.1) is 0 Å². The SMILES string of the molecule is Cc1noc(C(OC(=O)c2cc(C(C)C)n(C)n2)c2ccccc2)n1. The third-order valence-corrected chi connectivity index (χ3v) is 3.81. The molecule has 130 valence electrons. The molecule has 0 aliphatic carbocycles. The predicted molar refractivity (Wildman–Crippen MR) is 90.0 cm³/mol. The number of aryl methyl sites for hydroxylation is 2. The molecule has 0 N–H and O–H groups in total. The van der Waals surface area contributed by atoms with Crippen LogP contribution >= 0.6 is 0 Å². The van der Waals surface area contributed by atoms with Crippen molar-refractivity contribution >= 4 is 5.97 Å². The number of esters is 1. The minimum atomic E-state index is -0.778. The highest BCUT2D eigenvalue weighted by molar-refractivity contribution is 5.87. The molecule has 3 aromatic rings. The zero-order chi connectivity index (χ0) is 18.0. The molecule has 2 aromatic heterocycles. The molecule has 0 bridgehead atoms. The number of aromatic nitrogens is 4. The normalized spacial score (nSPS) is 12.4. The van der Waals surface area contributed by atoms with Crippen LogP contribution in [-0.2, 0) is 11.8 Å². The summed E-state index contributed by atoms with van der Waals surface area (Å²) in [5.74, 6) is 0.429. The van der Waals surface area contributed by atoms with E-state index in [-0.39, 0.29) is 17.5 Å². The summed E-state index contributed by atoms with van der Waals surface area (Å²) in [6.45, 7) is 5.80. The number of rotatable bonds is 5. The molecule has 7 nitrogen and oxygen atoms in total. The predicted octanol–water partition coefficient (Wildman–Crippen LogP) is 3.18. The van der Waals surface area contributed by atoms with E-state index in [1.807, 2.05) is 51.2 Å². The zero-order valence-corrected chi connectivity index (χ0v) is 14.6. The van der Waals surface area contributed by atoms with E-state index >= 15 is 0 Å². The number of carbonyl (C=O) groups excluding carboxylic acids is 1. The lowest BCUT2D eigenvalue weighted by atomic mass is 10.1. The van der Waals surface area contributed by atoms with E-state index in [0.29, 0.717) is 5.82 Å². The van der Waals surface area contributed by atoms with E-state index in [1.54, 1.807) is 17.7 Å². The Labute approximate surface area is 145 Å². The van der Waals surface area contributed by atoms with E-state index in [2.05, 4.69) is 15.2 Å². The highest BCUT2D eigenvalue weighted by Crippen LogP contribution is 2.26. The van der Waals surface area contributed by atoms with Crippen molar-refractivity contribution in [3.05, 3.63) is 65.1 Å². The van der Waals surface area contributed by atoms with Gasteiger partial charge in [-0.25, -0.2) is 4.79 Å². The van der Waals surface area contributed by atoms with Gasteiger partial charge in [-0.05, 0) is 18.9 Å². The van der Waals surface area contributed by atoms with E-state index < -0.39 is 12.1 Å². The molecule has 0 saturated carbocycles. The quantitative estimate of drug-likeness (QED) is 0.663. The van der Waals surface area contributed by atoms with Crippen LogP contribution in [0, 0.1) is 6.92 Å². The van der Waals surface area contributed by atoms with Crippen molar-refractivity contribution in [1.29, 1.82) is 0 Å². The Hall–Kier alpha value is -2.96. The summed E-state index contributed by atoms with van der Waals surface area (Å²) in [4.78, 5) is 16.8. The van der Waals surface area contributed by atoms with E-state index in [0.717, 1.165) is 11.3 Å². The molecule has 0 spiro atoms. The van der Waals surface area contributed by atoms with Crippen molar-refractivity contribution < 1.29 is 14.1 Å². The van der Waals surface area contributed by atoms with E-state index in [1.165, 1.54) is 0 Å². The fourth-order valence-corrected chi connectivity index (χ4v) is 2.60. The number of ether oxygens (including phenoxy) is 1. The van der Waals surface area contributed by atoms with Crippen LogP contribution in [0.2, 0.25) is 0 Å². The Kier molecular flexibility index (Phi) is 4.65. The second-order valence-corrected chi connectivity index (χ2v) is 6.11. The molecule has 0 aliphatic rings. The summed E-state index contributed by atoms with van der Waals surface area (Å²) in [5, 5.41) is 8.04. The molecule has 1 atom stereocenters. The maximum absolute atomic E-state index is 12.6. The fourth-order valence-electron chi connectivity index (χ4n) is 2.60. The first kappa shape index (κ1) is 16.9. The average molecular weight is 340 g/mol. The molecule has 0 fully saturated rings. The minimum Gasteiger partial charge on any atom is -0.442 e. The molecule has 0 radical (unpaired) electrons.